The number of rotatable bonds is 3. The van der Waals surface area contributed by atoms with Gasteiger partial charge >= 0.3 is 0 Å². The Kier molecular flexibility index (Phi) is 4.12. The Bertz CT molecular complexity index is 1070. The van der Waals surface area contributed by atoms with Gasteiger partial charge < -0.3 is 4.57 Å². The van der Waals surface area contributed by atoms with Gasteiger partial charge in [0.05, 0.1) is 11.4 Å². The van der Waals surface area contributed by atoms with Crippen LogP contribution in [0.15, 0.2) is 59.6 Å². The standard InChI is InChI=1S/C20H15FN2O2S/c1-22-11-14(15-7-3-5-9-17(15)22)10-18-19(24)23(20(25)26-18)12-13-6-2-4-8-16(13)21/h2-11H,12H2,1H3/b18-10-. The lowest BCUT2D eigenvalue weighted by Crippen LogP contribution is -2.27. The molecule has 2 heterocycles. The van der Waals surface area contributed by atoms with Crippen LogP contribution < -0.4 is 0 Å². The number of benzene rings is 2. The predicted molar refractivity (Wildman–Crippen MR) is 101 cm³/mol. The van der Waals surface area contributed by atoms with Crippen molar-refractivity contribution >= 4 is 39.9 Å². The number of imide groups is 1. The summed E-state index contributed by atoms with van der Waals surface area (Å²) in [5.41, 5.74) is 2.24. The maximum atomic E-state index is 13.8. The van der Waals surface area contributed by atoms with E-state index in [1.165, 1.54) is 6.07 Å². The number of para-hydroxylation sites is 1. The molecule has 130 valence electrons. The summed E-state index contributed by atoms with van der Waals surface area (Å²) in [6.07, 6.45) is 3.66. The summed E-state index contributed by atoms with van der Waals surface area (Å²) in [7, 11) is 1.93. The maximum Gasteiger partial charge on any atom is 0.293 e. The van der Waals surface area contributed by atoms with E-state index >= 15 is 0 Å². The van der Waals surface area contributed by atoms with Crippen LogP contribution in [0.2, 0.25) is 0 Å². The Morgan fingerprint density at radius 3 is 2.62 bits per heavy atom. The van der Waals surface area contributed by atoms with Crippen LogP contribution >= 0.6 is 11.8 Å². The van der Waals surface area contributed by atoms with Crippen LogP contribution in [0.3, 0.4) is 0 Å². The van der Waals surface area contributed by atoms with Crippen LogP contribution in [0.5, 0.6) is 0 Å². The van der Waals surface area contributed by atoms with Crippen molar-refractivity contribution in [3.05, 3.63) is 76.6 Å². The quantitative estimate of drug-likeness (QED) is 0.639. The predicted octanol–water partition coefficient (Wildman–Crippen LogP) is 4.55. The third kappa shape index (κ3) is 2.82. The molecule has 3 aromatic rings. The largest absolute Gasteiger partial charge is 0.350 e. The fraction of sp³-hybridized carbons (Fsp3) is 0.100. The Hall–Kier alpha value is -2.86. The highest BCUT2D eigenvalue weighted by atomic mass is 32.2. The van der Waals surface area contributed by atoms with Gasteiger partial charge in [0.2, 0.25) is 0 Å². The number of halogens is 1. The monoisotopic (exact) mass is 366 g/mol. The minimum absolute atomic E-state index is 0.0653. The molecule has 0 atom stereocenters. The summed E-state index contributed by atoms with van der Waals surface area (Å²) in [5, 5.41) is 0.626. The maximum absolute atomic E-state index is 13.8. The minimum Gasteiger partial charge on any atom is -0.350 e. The minimum atomic E-state index is -0.426. The normalized spacial score (nSPS) is 16.2. The molecule has 0 unspecified atom stereocenters. The zero-order valence-corrected chi connectivity index (χ0v) is 14.8. The molecular formula is C20H15FN2O2S. The average molecular weight is 366 g/mol. The van der Waals surface area contributed by atoms with E-state index in [9.17, 15) is 14.0 Å². The molecule has 1 aromatic heterocycles. The van der Waals surface area contributed by atoms with E-state index in [-0.39, 0.29) is 11.8 Å². The van der Waals surface area contributed by atoms with Gasteiger partial charge in [-0.1, -0.05) is 36.4 Å². The molecule has 1 aliphatic heterocycles. The zero-order valence-electron chi connectivity index (χ0n) is 14.0. The first-order chi connectivity index (χ1) is 12.5. The molecule has 0 saturated carbocycles. The number of thioether (sulfide) groups is 1. The van der Waals surface area contributed by atoms with E-state index in [0.29, 0.717) is 10.5 Å². The van der Waals surface area contributed by atoms with E-state index < -0.39 is 11.7 Å². The second-order valence-electron chi connectivity index (χ2n) is 6.07. The van der Waals surface area contributed by atoms with E-state index in [1.54, 1.807) is 24.3 Å². The Labute approximate surface area is 153 Å². The molecule has 0 aliphatic carbocycles. The summed E-state index contributed by atoms with van der Waals surface area (Å²) in [6.45, 7) is -0.0653. The van der Waals surface area contributed by atoms with Crippen molar-refractivity contribution in [1.82, 2.24) is 9.47 Å². The van der Waals surface area contributed by atoms with Gasteiger partial charge in [0.1, 0.15) is 5.82 Å². The molecule has 6 heteroatoms. The van der Waals surface area contributed by atoms with Crippen LogP contribution in [-0.2, 0) is 18.4 Å². The molecule has 0 bridgehead atoms. The first kappa shape index (κ1) is 16.6. The van der Waals surface area contributed by atoms with E-state index in [1.807, 2.05) is 42.1 Å². The number of aryl methyl sites for hydroxylation is 1. The van der Waals surface area contributed by atoms with Crippen molar-refractivity contribution in [1.29, 1.82) is 0 Å². The summed E-state index contributed by atoms with van der Waals surface area (Å²) >= 11 is 0.886. The van der Waals surface area contributed by atoms with Gasteiger partial charge in [-0.15, -0.1) is 0 Å². The number of nitrogens with zero attached hydrogens (tertiary/aromatic N) is 2. The van der Waals surface area contributed by atoms with Crippen molar-refractivity contribution in [3.63, 3.8) is 0 Å². The number of hydrogen-bond acceptors (Lipinski definition) is 3. The van der Waals surface area contributed by atoms with Crippen molar-refractivity contribution < 1.29 is 14.0 Å². The fourth-order valence-electron chi connectivity index (χ4n) is 3.06. The number of fused-ring (bicyclic) bond motifs is 1. The molecule has 0 N–H and O–H groups in total. The highest BCUT2D eigenvalue weighted by Crippen LogP contribution is 2.35. The van der Waals surface area contributed by atoms with Crippen LogP contribution in [0.25, 0.3) is 17.0 Å². The topological polar surface area (TPSA) is 42.3 Å². The van der Waals surface area contributed by atoms with Gasteiger partial charge in [-0.25, -0.2) is 4.39 Å². The third-order valence-corrected chi connectivity index (χ3v) is 5.28. The Morgan fingerprint density at radius 1 is 1.08 bits per heavy atom. The molecule has 2 amide bonds. The summed E-state index contributed by atoms with van der Waals surface area (Å²) in [5.74, 6) is -0.819. The molecular weight excluding hydrogens is 351 g/mol. The first-order valence-electron chi connectivity index (χ1n) is 8.07. The lowest BCUT2D eigenvalue weighted by molar-refractivity contribution is -0.123. The van der Waals surface area contributed by atoms with Crippen LogP contribution in [0.1, 0.15) is 11.1 Å². The fourth-order valence-corrected chi connectivity index (χ4v) is 3.89. The molecule has 0 radical (unpaired) electrons. The molecule has 26 heavy (non-hydrogen) atoms. The number of amides is 2. The first-order valence-corrected chi connectivity index (χ1v) is 8.89. The van der Waals surface area contributed by atoms with Gasteiger partial charge in [-0.3, -0.25) is 14.5 Å². The van der Waals surface area contributed by atoms with Crippen molar-refractivity contribution in [3.8, 4) is 0 Å². The SMILES string of the molecule is Cn1cc(/C=C2\SC(=O)N(Cc3ccccc3F)C2=O)c2ccccc21. The molecule has 4 nitrogen and oxygen atoms in total. The lowest BCUT2D eigenvalue weighted by Gasteiger charge is -2.12. The number of carbonyl (C=O) groups is 2. The zero-order chi connectivity index (χ0) is 18.3. The molecule has 4 rings (SSSR count). The Morgan fingerprint density at radius 2 is 1.81 bits per heavy atom. The number of hydrogen-bond donors (Lipinski definition) is 0. The van der Waals surface area contributed by atoms with E-state index in [2.05, 4.69) is 0 Å². The molecule has 0 spiro atoms. The molecule has 1 aliphatic rings. The van der Waals surface area contributed by atoms with Gasteiger partial charge in [-0.2, -0.15) is 0 Å². The average Bonchev–Trinajstić information content (AvgIpc) is 3.09. The van der Waals surface area contributed by atoms with Crippen molar-refractivity contribution in [2.75, 3.05) is 0 Å². The number of aromatic nitrogens is 1. The second-order valence-corrected chi connectivity index (χ2v) is 7.06. The molecule has 2 aromatic carbocycles. The highest BCUT2D eigenvalue weighted by Gasteiger charge is 2.35. The van der Waals surface area contributed by atoms with Gasteiger partial charge in [0, 0.05) is 35.3 Å². The van der Waals surface area contributed by atoms with Gasteiger partial charge in [-0.05, 0) is 30.0 Å². The van der Waals surface area contributed by atoms with Crippen LogP contribution in [0, 0.1) is 5.82 Å². The van der Waals surface area contributed by atoms with Gasteiger partial charge in [0.15, 0.2) is 0 Å². The van der Waals surface area contributed by atoms with Gasteiger partial charge in [0.25, 0.3) is 11.1 Å². The smallest absolute Gasteiger partial charge is 0.293 e. The van der Waals surface area contributed by atoms with Crippen molar-refractivity contribution in [2.24, 2.45) is 7.05 Å². The van der Waals surface area contributed by atoms with Crippen molar-refractivity contribution in [2.45, 2.75) is 6.54 Å². The highest BCUT2D eigenvalue weighted by molar-refractivity contribution is 8.18. The van der Waals surface area contributed by atoms with E-state index in [4.69, 9.17) is 0 Å². The summed E-state index contributed by atoms with van der Waals surface area (Å²) in [6, 6.07) is 14.0. The third-order valence-electron chi connectivity index (χ3n) is 4.37. The molecule has 1 fully saturated rings. The second kappa shape index (κ2) is 6.46. The summed E-state index contributed by atoms with van der Waals surface area (Å²) < 4.78 is 15.8. The summed E-state index contributed by atoms with van der Waals surface area (Å²) in [4.78, 5) is 26.4. The lowest BCUT2D eigenvalue weighted by atomic mass is 10.1. The Balaban J connectivity index is 1.66. The molecule has 1 saturated heterocycles. The van der Waals surface area contributed by atoms with Crippen LogP contribution in [-0.4, -0.2) is 20.6 Å². The van der Waals surface area contributed by atoms with E-state index in [0.717, 1.165) is 33.1 Å². The number of carbonyl (C=O) groups excluding carboxylic acids is 2. The van der Waals surface area contributed by atoms with Crippen LogP contribution in [0.4, 0.5) is 9.18 Å².